The number of hydrogen-bond donors (Lipinski definition) is 1. The van der Waals surface area contributed by atoms with Crippen molar-refractivity contribution >= 4 is 11.6 Å². The molecule has 4 nitrogen and oxygen atoms in total. The summed E-state index contributed by atoms with van der Waals surface area (Å²) >= 11 is 0. The fraction of sp³-hybridized carbons (Fsp3) is 0.611. The number of hydrogen-bond acceptors (Lipinski definition) is 3. The van der Waals surface area contributed by atoms with Crippen LogP contribution in [0.5, 0.6) is 5.75 Å². The number of carbonyl (C=O) groups excluding carboxylic acids is 1. The van der Waals surface area contributed by atoms with E-state index in [-0.39, 0.29) is 5.91 Å². The average molecular weight is 305 g/mol. The fourth-order valence-corrected chi connectivity index (χ4v) is 2.87. The lowest BCUT2D eigenvalue weighted by atomic mass is 10.0. The van der Waals surface area contributed by atoms with Gasteiger partial charge in [-0.2, -0.15) is 0 Å². The van der Waals surface area contributed by atoms with E-state index in [1.807, 2.05) is 31.2 Å². The summed E-state index contributed by atoms with van der Waals surface area (Å²) in [7, 11) is 0. The molecule has 122 valence electrons. The minimum absolute atomic E-state index is 0.0218. The summed E-state index contributed by atoms with van der Waals surface area (Å²) in [5, 5.41) is 2.98. The molecule has 0 radical (unpaired) electrons. The Morgan fingerprint density at radius 1 is 1.18 bits per heavy atom. The highest BCUT2D eigenvalue weighted by Gasteiger charge is 2.41. The molecular formula is C18H27NO3. The molecule has 1 aliphatic rings. The summed E-state index contributed by atoms with van der Waals surface area (Å²) in [6, 6.07) is 7.56. The van der Waals surface area contributed by atoms with E-state index in [0.29, 0.717) is 6.61 Å². The van der Waals surface area contributed by atoms with E-state index in [1.165, 1.54) is 0 Å². The van der Waals surface area contributed by atoms with Crippen molar-refractivity contribution in [3.63, 3.8) is 0 Å². The van der Waals surface area contributed by atoms with Crippen molar-refractivity contribution in [1.29, 1.82) is 0 Å². The number of anilines is 1. The van der Waals surface area contributed by atoms with Crippen LogP contribution in [0.15, 0.2) is 24.3 Å². The lowest BCUT2D eigenvalue weighted by Gasteiger charge is -2.27. The third kappa shape index (κ3) is 4.23. The van der Waals surface area contributed by atoms with Gasteiger partial charge in [0.2, 0.25) is 0 Å². The SMILES string of the molecule is CCCCOc1ccc(NC(=O)C2(OCC)CCCC2)cc1. The van der Waals surface area contributed by atoms with Crippen molar-refractivity contribution in [2.24, 2.45) is 0 Å². The fourth-order valence-electron chi connectivity index (χ4n) is 2.87. The van der Waals surface area contributed by atoms with Gasteiger partial charge >= 0.3 is 0 Å². The highest BCUT2D eigenvalue weighted by Crippen LogP contribution is 2.34. The molecule has 0 aliphatic heterocycles. The van der Waals surface area contributed by atoms with Crippen molar-refractivity contribution in [2.45, 2.75) is 58.0 Å². The summed E-state index contributed by atoms with van der Waals surface area (Å²) in [6.45, 7) is 5.38. The van der Waals surface area contributed by atoms with Crippen LogP contribution in [0.25, 0.3) is 0 Å². The first-order chi connectivity index (χ1) is 10.7. The van der Waals surface area contributed by atoms with E-state index in [1.54, 1.807) is 0 Å². The lowest BCUT2D eigenvalue weighted by molar-refractivity contribution is -0.140. The zero-order chi connectivity index (χ0) is 15.8. The predicted molar refractivity (Wildman–Crippen MR) is 88.3 cm³/mol. The number of amides is 1. The van der Waals surface area contributed by atoms with E-state index in [2.05, 4.69) is 12.2 Å². The summed E-state index contributed by atoms with van der Waals surface area (Å²) in [4.78, 5) is 12.6. The third-order valence-corrected chi connectivity index (χ3v) is 4.12. The Kier molecular flexibility index (Phi) is 6.25. The third-order valence-electron chi connectivity index (χ3n) is 4.12. The van der Waals surface area contributed by atoms with Gasteiger partial charge in [0.25, 0.3) is 5.91 Å². The van der Waals surface area contributed by atoms with Gasteiger partial charge in [0.15, 0.2) is 0 Å². The standard InChI is InChI=1S/C18H27NO3/c1-3-5-14-21-16-10-8-15(9-11-16)19-17(20)18(22-4-2)12-6-7-13-18/h8-11H,3-7,12-14H2,1-2H3,(H,19,20). The van der Waals surface area contributed by atoms with Crippen molar-refractivity contribution in [1.82, 2.24) is 0 Å². The van der Waals surface area contributed by atoms with Crippen LogP contribution < -0.4 is 10.1 Å². The molecule has 0 saturated heterocycles. The molecule has 2 rings (SSSR count). The van der Waals surface area contributed by atoms with Crippen LogP contribution in [-0.4, -0.2) is 24.7 Å². The molecule has 1 amide bonds. The zero-order valence-corrected chi connectivity index (χ0v) is 13.7. The molecule has 1 fully saturated rings. The smallest absolute Gasteiger partial charge is 0.256 e. The Labute approximate surface area is 133 Å². The minimum Gasteiger partial charge on any atom is -0.494 e. The first-order valence-electron chi connectivity index (χ1n) is 8.38. The molecule has 0 atom stereocenters. The highest BCUT2D eigenvalue weighted by atomic mass is 16.5. The topological polar surface area (TPSA) is 47.6 Å². The first kappa shape index (κ1) is 16.8. The maximum atomic E-state index is 12.6. The Hall–Kier alpha value is -1.55. The Morgan fingerprint density at radius 3 is 2.45 bits per heavy atom. The molecule has 22 heavy (non-hydrogen) atoms. The second kappa shape index (κ2) is 8.18. The molecule has 1 saturated carbocycles. The predicted octanol–water partition coefficient (Wildman–Crippen LogP) is 4.15. The van der Waals surface area contributed by atoms with Crippen LogP contribution in [0.3, 0.4) is 0 Å². The molecule has 0 unspecified atom stereocenters. The summed E-state index contributed by atoms with van der Waals surface area (Å²) in [5.41, 5.74) is 0.157. The van der Waals surface area contributed by atoms with Crippen molar-refractivity contribution in [2.75, 3.05) is 18.5 Å². The van der Waals surface area contributed by atoms with E-state index in [4.69, 9.17) is 9.47 Å². The molecule has 1 N–H and O–H groups in total. The van der Waals surface area contributed by atoms with Gasteiger partial charge in [-0.1, -0.05) is 13.3 Å². The summed E-state index contributed by atoms with van der Waals surface area (Å²) in [5.74, 6) is 0.818. The molecule has 0 spiro atoms. The van der Waals surface area contributed by atoms with Crippen LogP contribution in [0.4, 0.5) is 5.69 Å². The summed E-state index contributed by atoms with van der Waals surface area (Å²) < 4.78 is 11.4. The van der Waals surface area contributed by atoms with E-state index in [9.17, 15) is 4.79 Å². The molecule has 1 aromatic carbocycles. The second-order valence-electron chi connectivity index (χ2n) is 5.81. The van der Waals surface area contributed by atoms with Crippen LogP contribution in [0.1, 0.15) is 52.4 Å². The van der Waals surface area contributed by atoms with Crippen molar-refractivity contribution in [3.05, 3.63) is 24.3 Å². The van der Waals surface area contributed by atoms with Crippen LogP contribution in [-0.2, 0) is 9.53 Å². The van der Waals surface area contributed by atoms with Gasteiger partial charge in [-0.25, -0.2) is 0 Å². The van der Waals surface area contributed by atoms with Gasteiger partial charge in [0.05, 0.1) is 6.61 Å². The largest absolute Gasteiger partial charge is 0.494 e. The number of rotatable bonds is 8. The second-order valence-corrected chi connectivity index (χ2v) is 5.81. The van der Waals surface area contributed by atoms with Gasteiger partial charge in [0.1, 0.15) is 11.4 Å². The van der Waals surface area contributed by atoms with E-state index < -0.39 is 5.60 Å². The number of carbonyl (C=O) groups is 1. The molecular weight excluding hydrogens is 278 g/mol. The molecule has 0 bridgehead atoms. The van der Waals surface area contributed by atoms with Crippen LogP contribution in [0, 0.1) is 0 Å². The molecule has 1 aromatic rings. The normalized spacial score (nSPS) is 16.5. The number of ether oxygens (including phenoxy) is 2. The maximum absolute atomic E-state index is 12.6. The lowest BCUT2D eigenvalue weighted by Crippen LogP contribution is -2.43. The quantitative estimate of drug-likeness (QED) is 0.734. The minimum atomic E-state index is -0.634. The maximum Gasteiger partial charge on any atom is 0.256 e. The highest BCUT2D eigenvalue weighted by molar-refractivity contribution is 5.97. The molecule has 0 heterocycles. The van der Waals surface area contributed by atoms with Crippen molar-refractivity contribution in [3.8, 4) is 5.75 Å². The average Bonchev–Trinajstić information content (AvgIpc) is 3.00. The summed E-state index contributed by atoms with van der Waals surface area (Å²) in [6.07, 6.45) is 5.90. The number of unbranched alkanes of at least 4 members (excludes halogenated alkanes) is 1. The van der Waals surface area contributed by atoms with Gasteiger partial charge in [0, 0.05) is 12.3 Å². The molecule has 0 aromatic heterocycles. The first-order valence-corrected chi connectivity index (χ1v) is 8.38. The van der Waals surface area contributed by atoms with Gasteiger partial charge in [-0.3, -0.25) is 4.79 Å². The van der Waals surface area contributed by atoms with E-state index >= 15 is 0 Å². The number of benzene rings is 1. The molecule has 1 aliphatic carbocycles. The van der Waals surface area contributed by atoms with Crippen LogP contribution in [0.2, 0.25) is 0 Å². The Balaban J connectivity index is 1.93. The Bertz CT molecular complexity index is 464. The van der Waals surface area contributed by atoms with Gasteiger partial charge in [-0.05, 0) is 63.3 Å². The van der Waals surface area contributed by atoms with E-state index in [0.717, 1.165) is 56.6 Å². The van der Waals surface area contributed by atoms with Gasteiger partial charge < -0.3 is 14.8 Å². The monoisotopic (exact) mass is 305 g/mol. The number of nitrogens with one attached hydrogen (secondary N) is 1. The van der Waals surface area contributed by atoms with Crippen molar-refractivity contribution < 1.29 is 14.3 Å². The van der Waals surface area contributed by atoms with Crippen LogP contribution >= 0.6 is 0 Å². The Morgan fingerprint density at radius 2 is 1.86 bits per heavy atom. The zero-order valence-electron chi connectivity index (χ0n) is 13.7. The molecule has 4 heteroatoms. The van der Waals surface area contributed by atoms with Gasteiger partial charge in [-0.15, -0.1) is 0 Å².